The second kappa shape index (κ2) is 6.31. The molecule has 0 aliphatic carbocycles. The van der Waals surface area contributed by atoms with Gasteiger partial charge >= 0.3 is 0 Å². The van der Waals surface area contributed by atoms with Crippen LogP contribution >= 0.6 is 0 Å². The van der Waals surface area contributed by atoms with E-state index in [4.69, 9.17) is 4.74 Å². The Morgan fingerprint density at radius 3 is 2.62 bits per heavy atom. The van der Waals surface area contributed by atoms with Crippen molar-refractivity contribution in [3.63, 3.8) is 0 Å². The fraction of sp³-hybridized carbons (Fsp3) is 0.500. The lowest BCUT2D eigenvalue weighted by molar-refractivity contribution is 0.0981. The predicted octanol–water partition coefficient (Wildman–Crippen LogP) is 3.85. The maximum atomic E-state index is 11.7. The zero-order chi connectivity index (χ0) is 12.0. The van der Waals surface area contributed by atoms with Gasteiger partial charge in [-0.2, -0.15) is 0 Å². The van der Waals surface area contributed by atoms with Gasteiger partial charge in [0.15, 0.2) is 5.78 Å². The first-order valence-electron chi connectivity index (χ1n) is 5.97. The molecule has 2 nitrogen and oxygen atoms in total. The maximum absolute atomic E-state index is 11.7. The second-order valence-electron chi connectivity index (χ2n) is 3.99. The van der Waals surface area contributed by atoms with E-state index in [2.05, 4.69) is 6.92 Å². The Balaban J connectivity index is 2.82. The van der Waals surface area contributed by atoms with E-state index in [-0.39, 0.29) is 11.9 Å². The van der Waals surface area contributed by atoms with Crippen molar-refractivity contribution in [1.29, 1.82) is 0 Å². The number of Topliss-reactive ketones (excluding diaryl/α,β-unsaturated/α-hetero) is 1. The van der Waals surface area contributed by atoms with E-state index < -0.39 is 0 Å². The highest BCUT2D eigenvalue weighted by atomic mass is 16.5. The van der Waals surface area contributed by atoms with Crippen LogP contribution in [0.4, 0.5) is 0 Å². The lowest BCUT2D eigenvalue weighted by Gasteiger charge is -2.16. The van der Waals surface area contributed by atoms with Gasteiger partial charge in [-0.3, -0.25) is 4.79 Å². The minimum Gasteiger partial charge on any atom is -0.490 e. The summed E-state index contributed by atoms with van der Waals surface area (Å²) in [6.45, 7) is 6.04. The molecule has 88 valence electrons. The van der Waals surface area contributed by atoms with Crippen molar-refractivity contribution in [2.45, 2.75) is 46.1 Å². The van der Waals surface area contributed by atoms with Gasteiger partial charge in [0.1, 0.15) is 5.75 Å². The molecule has 0 radical (unpaired) electrons. The SMILES string of the molecule is CCCC(C)Oc1ccccc1C(=O)CC. The Morgan fingerprint density at radius 1 is 1.31 bits per heavy atom. The highest BCUT2D eigenvalue weighted by molar-refractivity contribution is 5.98. The van der Waals surface area contributed by atoms with Crippen molar-refractivity contribution in [3.8, 4) is 5.75 Å². The van der Waals surface area contributed by atoms with E-state index in [1.54, 1.807) is 0 Å². The number of carbonyl (C=O) groups is 1. The van der Waals surface area contributed by atoms with Gasteiger partial charge in [0.05, 0.1) is 11.7 Å². The molecule has 1 unspecified atom stereocenters. The quantitative estimate of drug-likeness (QED) is 0.681. The third kappa shape index (κ3) is 3.37. The Labute approximate surface area is 97.6 Å². The molecule has 0 fully saturated rings. The van der Waals surface area contributed by atoms with Gasteiger partial charge in [-0.1, -0.05) is 32.4 Å². The molecule has 0 spiro atoms. The van der Waals surface area contributed by atoms with Crippen molar-refractivity contribution in [3.05, 3.63) is 29.8 Å². The molecule has 0 aliphatic rings. The Kier molecular flexibility index (Phi) is 5.03. The van der Waals surface area contributed by atoms with Crippen LogP contribution in [0.1, 0.15) is 50.4 Å². The Hall–Kier alpha value is -1.31. The van der Waals surface area contributed by atoms with Crippen LogP contribution in [0.5, 0.6) is 5.75 Å². The first kappa shape index (κ1) is 12.8. The first-order chi connectivity index (χ1) is 7.69. The fourth-order valence-electron chi connectivity index (χ4n) is 1.67. The first-order valence-corrected chi connectivity index (χ1v) is 5.97. The van der Waals surface area contributed by atoms with E-state index in [9.17, 15) is 4.79 Å². The largest absolute Gasteiger partial charge is 0.490 e. The van der Waals surface area contributed by atoms with Crippen LogP contribution in [0.15, 0.2) is 24.3 Å². The molecule has 2 heteroatoms. The summed E-state index contributed by atoms with van der Waals surface area (Å²) in [5, 5.41) is 0. The maximum Gasteiger partial charge on any atom is 0.166 e. The van der Waals surface area contributed by atoms with Crippen LogP contribution in [0.25, 0.3) is 0 Å². The monoisotopic (exact) mass is 220 g/mol. The summed E-state index contributed by atoms with van der Waals surface area (Å²) in [6.07, 6.45) is 2.78. The summed E-state index contributed by atoms with van der Waals surface area (Å²) in [4.78, 5) is 11.7. The summed E-state index contributed by atoms with van der Waals surface area (Å²) in [5.74, 6) is 0.856. The molecular weight excluding hydrogens is 200 g/mol. The molecule has 1 aromatic carbocycles. The van der Waals surface area contributed by atoms with E-state index in [1.807, 2.05) is 38.1 Å². The van der Waals surface area contributed by atoms with Gasteiger partial charge in [0.25, 0.3) is 0 Å². The molecule has 0 amide bonds. The molecule has 1 aromatic rings. The molecule has 0 N–H and O–H groups in total. The van der Waals surface area contributed by atoms with Crippen LogP contribution in [0, 0.1) is 0 Å². The van der Waals surface area contributed by atoms with Gasteiger partial charge < -0.3 is 4.74 Å². The molecular formula is C14H20O2. The molecule has 0 bridgehead atoms. The molecule has 0 aromatic heterocycles. The molecule has 0 aliphatic heterocycles. The number of ketones is 1. The number of carbonyl (C=O) groups excluding carboxylic acids is 1. The van der Waals surface area contributed by atoms with E-state index in [1.165, 1.54) is 0 Å². The summed E-state index contributed by atoms with van der Waals surface area (Å²) < 4.78 is 5.79. The summed E-state index contributed by atoms with van der Waals surface area (Å²) in [6, 6.07) is 7.48. The van der Waals surface area contributed by atoms with Crippen LogP contribution < -0.4 is 4.74 Å². The summed E-state index contributed by atoms with van der Waals surface area (Å²) in [7, 11) is 0. The number of hydrogen-bond acceptors (Lipinski definition) is 2. The van der Waals surface area contributed by atoms with Gasteiger partial charge in [-0.05, 0) is 25.5 Å². The number of para-hydroxylation sites is 1. The van der Waals surface area contributed by atoms with Gasteiger partial charge in [-0.25, -0.2) is 0 Å². The minimum absolute atomic E-state index is 0.138. The molecule has 1 atom stereocenters. The average Bonchev–Trinajstić information content (AvgIpc) is 2.29. The normalized spacial score (nSPS) is 12.2. The lowest BCUT2D eigenvalue weighted by Crippen LogP contribution is -2.13. The fourth-order valence-corrected chi connectivity index (χ4v) is 1.67. The lowest BCUT2D eigenvalue weighted by atomic mass is 10.1. The van der Waals surface area contributed by atoms with Crippen LogP contribution in [0.2, 0.25) is 0 Å². The highest BCUT2D eigenvalue weighted by Gasteiger charge is 2.12. The molecule has 16 heavy (non-hydrogen) atoms. The average molecular weight is 220 g/mol. The number of rotatable bonds is 6. The molecule has 1 rings (SSSR count). The highest BCUT2D eigenvalue weighted by Crippen LogP contribution is 2.21. The topological polar surface area (TPSA) is 26.3 Å². The van der Waals surface area contributed by atoms with Crippen molar-refractivity contribution in [2.24, 2.45) is 0 Å². The van der Waals surface area contributed by atoms with Gasteiger partial charge in [0.2, 0.25) is 0 Å². The number of ether oxygens (including phenoxy) is 1. The Bertz CT molecular complexity index is 344. The van der Waals surface area contributed by atoms with E-state index >= 15 is 0 Å². The van der Waals surface area contributed by atoms with Crippen molar-refractivity contribution in [2.75, 3.05) is 0 Å². The van der Waals surface area contributed by atoms with E-state index in [0.717, 1.165) is 18.6 Å². The summed E-state index contributed by atoms with van der Waals surface area (Å²) in [5.41, 5.74) is 0.702. The number of hydrogen-bond donors (Lipinski definition) is 0. The van der Waals surface area contributed by atoms with Crippen LogP contribution in [-0.2, 0) is 0 Å². The Morgan fingerprint density at radius 2 is 2.00 bits per heavy atom. The second-order valence-corrected chi connectivity index (χ2v) is 3.99. The minimum atomic E-state index is 0.138. The number of benzene rings is 1. The zero-order valence-electron chi connectivity index (χ0n) is 10.3. The smallest absolute Gasteiger partial charge is 0.166 e. The summed E-state index contributed by atoms with van der Waals surface area (Å²) >= 11 is 0. The zero-order valence-corrected chi connectivity index (χ0v) is 10.3. The van der Waals surface area contributed by atoms with Crippen molar-refractivity contribution in [1.82, 2.24) is 0 Å². The molecule has 0 saturated heterocycles. The van der Waals surface area contributed by atoms with Gasteiger partial charge in [0, 0.05) is 6.42 Å². The van der Waals surface area contributed by atoms with Crippen LogP contribution in [-0.4, -0.2) is 11.9 Å². The van der Waals surface area contributed by atoms with Crippen molar-refractivity contribution < 1.29 is 9.53 Å². The van der Waals surface area contributed by atoms with Crippen molar-refractivity contribution >= 4 is 5.78 Å². The van der Waals surface area contributed by atoms with E-state index in [0.29, 0.717) is 12.0 Å². The molecule has 0 saturated carbocycles. The predicted molar refractivity (Wildman–Crippen MR) is 66.1 cm³/mol. The molecule has 0 heterocycles. The third-order valence-corrected chi connectivity index (χ3v) is 2.53. The standard InChI is InChI=1S/C14H20O2/c1-4-8-11(3)16-14-10-7-6-9-12(14)13(15)5-2/h6-7,9-11H,4-5,8H2,1-3H3. The van der Waals surface area contributed by atoms with Crippen LogP contribution in [0.3, 0.4) is 0 Å². The third-order valence-electron chi connectivity index (χ3n) is 2.53. The van der Waals surface area contributed by atoms with Gasteiger partial charge in [-0.15, -0.1) is 0 Å².